The predicted octanol–water partition coefficient (Wildman–Crippen LogP) is 0.796. The van der Waals surface area contributed by atoms with Crippen molar-refractivity contribution in [3.05, 3.63) is 0 Å². The zero-order chi connectivity index (χ0) is 9.02. The molecule has 0 aromatic carbocycles. The van der Waals surface area contributed by atoms with Crippen molar-refractivity contribution in [3.8, 4) is 0 Å². The number of rotatable bonds is 3. The average Bonchev–Trinajstić information content (AvgIpc) is 1.84. The molecule has 0 saturated heterocycles. The molecule has 0 aliphatic rings. The van der Waals surface area contributed by atoms with Crippen molar-refractivity contribution in [3.63, 3.8) is 0 Å². The second-order valence-corrected chi connectivity index (χ2v) is 3.33. The van der Waals surface area contributed by atoms with E-state index in [0.717, 1.165) is 6.42 Å². The van der Waals surface area contributed by atoms with Gasteiger partial charge in [-0.05, 0) is 12.3 Å². The van der Waals surface area contributed by atoms with Crippen LogP contribution < -0.4 is 5.73 Å². The molecular weight excluding hydrogens is 140 g/mol. The van der Waals surface area contributed by atoms with Crippen molar-refractivity contribution in [2.75, 3.05) is 7.05 Å². The Balaban J connectivity index is 3.82. The Hall–Kier alpha value is -0.570. The van der Waals surface area contributed by atoms with Crippen LogP contribution in [0.5, 0.6) is 0 Å². The highest BCUT2D eigenvalue weighted by atomic mass is 16.2. The van der Waals surface area contributed by atoms with E-state index in [1.807, 2.05) is 0 Å². The minimum absolute atomic E-state index is 0.0261. The van der Waals surface area contributed by atoms with E-state index in [1.165, 1.54) is 6.92 Å². The number of carbonyl (C=O) groups excluding carboxylic acids is 1. The van der Waals surface area contributed by atoms with E-state index in [4.69, 9.17) is 5.73 Å². The molecule has 0 aliphatic carbocycles. The van der Waals surface area contributed by atoms with Gasteiger partial charge >= 0.3 is 0 Å². The highest BCUT2D eigenvalue weighted by Gasteiger charge is 2.12. The number of nitrogens with zero attached hydrogens (tertiary/aromatic N) is 1. The van der Waals surface area contributed by atoms with Gasteiger partial charge in [-0.15, -0.1) is 0 Å². The van der Waals surface area contributed by atoms with Crippen LogP contribution in [0.4, 0.5) is 0 Å². The first-order chi connectivity index (χ1) is 4.95. The van der Waals surface area contributed by atoms with Crippen molar-refractivity contribution in [2.24, 2.45) is 11.7 Å². The molecule has 1 atom stereocenters. The molecule has 11 heavy (non-hydrogen) atoms. The fourth-order valence-corrected chi connectivity index (χ4v) is 0.875. The molecule has 0 aliphatic heterocycles. The van der Waals surface area contributed by atoms with E-state index in [0.29, 0.717) is 5.92 Å². The van der Waals surface area contributed by atoms with Gasteiger partial charge in [-0.2, -0.15) is 0 Å². The number of nitrogens with two attached hydrogens (primary N) is 1. The Morgan fingerprint density at radius 3 is 2.27 bits per heavy atom. The summed E-state index contributed by atoms with van der Waals surface area (Å²) >= 11 is 0. The molecule has 1 unspecified atom stereocenters. The Morgan fingerprint density at radius 2 is 2.00 bits per heavy atom. The zero-order valence-corrected chi connectivity index (χ0v) is 7.79. The summed E-state index contributed by atoms with van der Waals surface area (Å²) in [6, 6.07) is 0. The lowest BCUT2D eigenvalue weighted by atomic mass is 10.1. The molecule has 0 aromatic rings. The van der Waals surface area contributed by atoms with Crippen LogP contribution in [0.25, 0.3) is 0 Å². The maximum absolute atomic E-state index is 10.8. The van der Waals surface area contributed by atoms with Gasteiger partial charge in [0.15, 0.2) is 0 Å². The maximum Gasteiger partial charge on any atom is 0.220 e. The van der Waals surface area contributed by atoms with Crippen molar-refractivity contribution >= 4 is 5.91 Å². The molecule has 0 fully saturated rings. The van der Waals surface area contributed by atoms with Crippen molar-refractivity contribution in [1.82, 2.24) is 4.90 Å². The van der Waals surface area contributed by atoms with E-state index in [9.17, 15) is 4.79 Å². The normalized spacial score (nSPS) is 13.3. The van der Waals surface area contributed by atoms with Crippen LogP contribution in [0.2, 0.25) is 0 Å². The maximum atomic E-state index is 10.8. The van der Waals surface area contributed by atoms with Gasteiger partial charge in [0.05, 0.1) is 6.17 Å². The van der Waals surface area contributed by atoms with Gasteiger partial charge in [0.1, 0.15) is 0 Å². The summed E-state index contributed by atoms with van der Waals surface area (Å²) in [6.45, 7) is 5.71. The number of hydrogen-bond acceptors (Lipinski definition) is 2. The monoisotopic (exact) mass is 158 g/mol. The summed E-state index contributed by atoms with van der Waals surface area (Å²) in [5.74, 6) is 0.560. The molecule has 0 rings (SSSR count). The summed E-state index contributed by atoms with van der Waals surface area (Å²) in [6.07, 6.45) is 0.725. The van der Waals surface area contributed by atoms with Crippen LogP contribution in [0, 0.1) is 5.92 Å². The lowest BCUT2D eigenvalue weighted by Gasteiger charge is -2.24. The Morgan fingerprint density at radius 1 is 1.55 bits per heavy atom. The van der Waals surface area contributed by atoms with Crippen LogP contribution in [0.3, 0.4) is 0 Å². The van der Waals surface area contributed by atoms with Gasteiger partial charge in [0.2, 0.25) is 5.91 Å². The zero-order valence-electron chi connectivity index (χ0n) is 7.79. The molecule has 0 saturated carbocycles. The Bertz CT molecular complexity index is 134. The first kappa shape index (κ1) is 10.4. The number of carbonyl (C=O) groups is 1. The van der Waals surface area contributed by atoms with Gasteiger partial charge < -0.3 is 10.6 Å². The molecule has 2 N–H and O–H groups in total. The molecule has 3 heteroatoms. The van der Waals surface area contributed by atoms with Crippen LogP contribution in [-0.4, -0.2) is 24.0 Å². The molecule has 66 valence electrons. The van der Waals surface area contributed by atoms with Gasteiger partial charge in [-0.1, -0.05) is 13.8 Å². The van der Waals surface area contributed by atoms with Crippen molar-refractivity contribution in [1.29, 1.82) is 0 Å². The van der Waals surface area contributed by atoms with E-state index < -0.39 is 0 Å². The molecule has 0 aromatic heterocycles. The topological polar surface area (TPSA) is 46.3 Å². The number of amides is 1. The van der Waals surface area contributed by atoms with Gasteiger partial charge in [-0.3, -0.25) is 4.79 Å². The molecule has 0 heterocycles. The first-order valence-electron chi connectivity index (χ1n) is 3.94. The second kappa shape index (κ2) is 4.34. The smallest absolute Gasteiger partial charge is 0.220 e. The summed E-state index contributed by atoms with van der Waals surface area (Å²) < 4.78 is 0. The quantitative estimate of drug-likeness (QED) is 0.617. The Kier molecular flexibility index (Phi) is 4.11. The van der Waals surface area contributed by atoms with Gasteiger partial charge in [0, 0.05) is 14.0 Å². The van der Waals surface area contributed by atoms with E-state index in [2.05, 4.69) is 13.8 Å². The molecule has 0 bridgehead atoms. The molecule has 1 amide bonds. The third kappa shape index (κ3) is 3.98. The fourth-order valence-electron chi connectivity index (χ4n) is 0.875. The minimum atomic E-state index is -0.132. The van der Waals surface area contributed by atoms with E-state index in [1.54, 1.807) is 11.9 Å². The molecule has 0 spiro atoms. The number of hydrogen-bond donors (Lipinski definition) is 1. The lowest BCUT2D eigenvalue weighted by Crippen LogP contribution is -2.42. The van der Waals surface area contributed by atoms with Crippen LogP contribution in [0.15, 0.2) is 0 Å². The van der Waals surface area contributed by atoms with Gasteiger partial charge in [-0.25, -0.2) is 0 Å². The fraction of sp³-hybridized carbons (Fsp3) is 0.875. The summed E-state index contributed by atoms with van der Waals surface area (Å²) in [5.41, 5.74) is 5.72. The van der Waals surface area contributed by atoms with Crippen LogP contribution in [-0.2, 0) is 4.79 Å². The average molecular weight is 158 g/mol. The van der Waals surface area contributed by atoms with E-state index >= 15 is 0 Å². The van der Waals surface area contributed by atoms with Crippen molar-refractivity contribution in [2.45, 2.75) is 33.4 Å². The third-order valence-corrected chi connectivity index (χ3v) is 1.71. The highest BCUT2D eigenvalue weighted by molar-refractivity contribution is 5.73. The van der Waals surface area contributed by atoms with Crippen LogP contribution >= 0.6 is 0 Å². The van der Waals surface area contributed by atoms with Gasteiger partial charge in [0.25, 0.3) is 0 Å². The minimum Gasteiger partial charge on any atom is -0.331 e. The largest absolute Gasteiger partial charge is 0.331 e. The Labute approximate surface area is 68.6 Å². The molecule has 0 radical (unpaired) electrons. The van der Waals surface area contributed by atoms with Crippen LogP contribution in [0.1, 0.15) is 27.2 Å². The van der Waals surface area contributed by atoms with Crippen molar-refractivity contribution < 1.29 is 4.79 Å². The first-order valence-corrected chi connectivity index (χ1v) is 3.94. The predicted molar refractivity (Wildman–Crippen MR) is 45.9 cm³/mol. The SMILES string of the molecule is CC(=O)N(C)C(N)CC(C)C. The summed E-state index contributed by atoms with van der Waals surface area (Å²) in [4.78, 5) is 12.4. The lowest BCUT2D eigenvalue weighted by molar-refractivity contribution is -0.129. The summed E-state index contributed by atoms with van der Waals surface area (Å²) in [5, 5.41) is 0. The standard InChI is InChI=1S/C8H18N2O/c1-6(2)5-8(9)10(4)7(3)11/h6,8H,5,9H2,1-4H3. The molecule has 3 nitrogen and oxygen atoms in total. The molecular formula is C8H18N2O. The highest BCUT2D eigenvalue weighted by Crippen LogP contribution is 2.05. The third-order valence-electron chi connectivity index (χ3n) is 1.71. The van der Waals surface area contributed by atoms with E-state index in [-0.39, 0.29) is 12.1 Å². The second-order valence-electron chi connectivity index (χ2n) is 3.33. The summed E-state index contributed by atoms with van der Waals surface area (Å²) in [7, 11) is 1.73.